The molecular formula is C24H26N4O4. The Kier molecular flexibility index (Phi) is 6.51. The summed E-state index contributed by atoms with van der Waals surface area (Å²) in [6, 6.07) is 16.7. The molecule has 3 aromatic rings. The summed E-state index contributed by atoms with van der Waals surface area (Å²) >= 11 is 0. The van der Waals surface area contributed by atoms with Gasteiger partial charge in [-0.1, -0.05) is 35.5 Å². The van der Waals surface area contributed by atoms with Crippen LogP contribution in [0.3, 0.4) is 0 Å². The first kappa shape index (κ1) is 21.6. The molecule has 1 aliphatic heterocycles. The number of allylic oxidation sites excluding steroid dienone is 1. The first-order chi connectivity index (χ1) is 15.6. The number of urea groups is 1. The number of ether oxygens (including phenoxy) is 2. The Morgan fingerprint density at radius 2 is 1.88 bits per heavy atom. The number of hydrogen-bond donors (Lipinski definition) is 1. The maximum Gasteiger partial charge on any atom is 0.322 e. The number of nitrogens with one attached hydrogen (secondary N) is 1. The van der Waals surface area contributed by atoms with Crippen molar-refractivity contribution in [2.24, 2.45) is 0 Å². The highest BCUT2D eigenvalue weighted by Crippen LogP contribution is 2.37. The smallest absolute Gasteiger partial charge is 0.322 e. The Hall–Kier alpha value is -3.65. The van der Waals surface area contributed by atoms with E-state index in [4.69, 9.17) is 14.0 Å². The number of methoxy groups -OCH3 is 1. The number of carbonyl (C=O) groups is 1. The number of carbonyl (C=O) groups excluding carboxylic acids is 1. The molecule has 0 fully saturated rings. The van der Waals surface area contributed by atoms with Gasteiger partial charge in [-0.3, -0.25) is 4.90 Å². The maximum absolute atomic E-state index is 12.8. The van der Waals surface area contributed by atoms with Crippen LogP contribution in [0, 0.1) is 0 Å². The van der Waals surface area contributed by atoms with Gasteiger partial charge >= 0.3 is 6.03 Å². The van der Waals surface area contributed by atoms with E-state index >= 15 is 0 Å². The predicted molar refractivity (Wildman–Crippen MR) is 120 cm³/mol. The fourth-order valence-electron chi connectivity index (χ4n) is 3.72. The van der Waals surface area contributed by atoms with E-state index in [-0.39, 0.29) is 6.03 Å². The van der Waals surface area contributed by atoms with Crippen molar-refractivity contribution in [1.82, 2.24) is 20.4 Å². The van der Waals surface area contributed by atoms with Crippen molar-refractivity contribution in [3.8, 4) is 17.1 Å². The van der Waals surface area contributed by atoms with Crippen LogP contribution in [0.2, 0.25) is 0 Å². The van der Waals surface area contributed by atoms with Crippen molar-refractivity contribution in [3.05, 3.63) is 71.7 Å². The molecule has 0 aliphatic carbocycles. The number of nitrogens with zero attached hydrogens (tertiary/aromatic N) is 3. The van der Waals surface area contributed by atoms with Gasteiger partial charge in [-0.15, -0.1) is 0 Å². The molecule has 0 spiro atoms. The summed E-state index contributed by atoms with van der Waals surface area (Å²) in [5.41, 5.74) is 3.26. The Labute approximate surface area is 186 Å². The van der Waals surface area contributed by atoms with Crippen LogP contribution in [-0.2, 0) is 4.74 Å². The molecule has 32 heavy (non-hydrogen) atoms. The van der Waals surface area contributed by atoms with E-state index in [0.29, 0.717) is 31.5 Å². The molecule has 2 aromatic carbocycles. The van der Waals surface area contributed by atoms with Gasteiger partial charge in [0.2, 0.25) is 5.82 Å². The Balaban J connectivity index is 1.73. The first-order valence-electron chi connectivity index (χ1n) is 10.5. The van der Waals surface area contributed by atoms with Crippen LogP contribution in [0.5, 0.6) is 5.75 Å². The van der Waals surface area contributed by atoms with Gasteiger partial charge in [-0.25, -0.2) is 4.79 Å². The van der Waals surface area contributed by atoms with E-state index in [9.17, 15) is 4.79 Å². The van der Waals surface area contributed by atoms with Gasteiger partial charge in [0.25, 0.3) is 5.89 Å². The minimum atomic E-state index is -0.406. The summed E-state index contributed by atoms with van der Waals surface area (Å²) in [6.45, 7) is 5.26. The molecule has 166 valence electrons. The maximum atomic E-state index is 12.8. The van der Waals surface area contributed by atoms with E-state index in [1.807, 2.05) is 68.4 Å². The summed E-state index contributed by atoms with van der Waals surface area (Å²) in [4.78, 5) is 19.1. The lowest BCUT2D eigenvalue weighted by Crippen LogP contribution is -2.47. The summed E-state index contributed by atoms with van der Waals surface area (Å²) in [5.74, 6) is 1.62. The van der Waals surface area contributed by atoms with Crippen molar-refractivity contribution < 1.29 is 18.8 Å². The van der Waals surface area contributed by atoms with Gasteiger partial charge in [0.1, 0.15) is 5.75 Å². The molecule has 1 unspecified atom stereocenters. The average Bonchev–Trinajstić information content (AvgIpc) is 3.29. The third-order valence-electron chi connectivity index (χ3n) is 5.33. The Morgan fingerprint density at radius 3 is 2.56 bits per heavy atom. The summed E-state index contributed by atoms with van der Waals surface area (Å²) in [6.07, 6.45) is 0. The second-order valence-electron chi connectivity index (χ2n) is 7.32. The molecular weight excluding hydrogens is 408 g/mol. The van der Waals surface area contributed by atoms with Crippen molar-refractivity contribution in [2.45, 2.75) is 19.9 Å². The van der Waals surface area contributed by atoms with Gasteiger partial charge in [0, 0.05) is 18.4 Å². The summed E-state index contributed by atoms with van der Waals surface area (Å²) < 4.78 is 16.4. The van der Waals surface area contributed by atoms with Gasteiger partial charge in [0.05, 0.1) is 31.4 Å². The number of hydrogen-bond acceptors (Lipinski definition) is 6. The lowest BCUT2D eigenvalue weighted by molar-refractivity contribution is 0.158. The second kappa shape index (κ2) is 9.65. The highest BCUT2D eigenvalue weighted by Gasteiger charge is 2.35. The van der Waals surface area contributed by atoms with Crippen molar-refractivity contribution >= 4 is 11.6 Å². The molecule has 4 rings (SSSR count). The first-order valence-corrected chi connectivity index (χ1v) is 10.5. The van der Waals surface area contributed by atoms with Crippen molar-refractivity contribution in [3.63, 3.8) is 0 Å². The molecule has 8 nitrogen and oxygen atoms in total. The van der Waals surface area contributed by atoms with E-state index < -0.39 is 6.04 Å². The van der Waals surface area contributed by atoms with Gasteiger partial charge in [-0.2, -0.15) is 4.98 Å². The molecule has 0 radical (unpaired) electrons. The van der Waals surface area contributed by atoms with Gasteiger partial charge < -0.3 is 19.3 Å². The largest absolute Gasteiger partial charge is 0.494 e. The zero-order valence-electron chi connectivity index (χ0n) is 18.4. The lowest BCUT2D eigenvalue weighted by Gasteiger charge is -2.35. The van der Waals surface area contributed by atoms with Gasteiger partial charge in [0.15, 0.2) is 0 Å². The molecule has 2 heterocycles. The van der Waals surface area contributed by atoms with E-state index in [0.717, 1.165) is 28.1 Å². The predicted octanol–water partition coefficient (Wildman–Crippen LogP) is 4.28. The normalized spacial score (nSPS) is 16.3. The van der Waals surface area contributed by atoms with Crippen molar-refractivity contribution in [2.75, 3.05) is 26.9 Å². The van der Waals surface area contributed by atoms with Crippen LogP contribution in [0.25, 0.3) is 17.0 Å². The summed E-state index contributed by atoms with van der Waals surface area (Å²) in [5, 5.41) is 7.26. The third kappa shape index (κ3) is 4.36. The quantitative estimate of drug-likeness (QED) is 0.569. The molecule has 1 aliphatic rings. The number of rotatable bonds is 8. The standard InChI is InChI=1S/C24H26N4O4/c1-4-31-19-12-10-18(11-13-19)22-26-23(32-27-22)20-16(2)28(14-15-30-3)24(29)25-21(20)17-8-6-5-7-9-17/h5-13,21H,4,14-15H2,1-3H3,(H,25,29). The fourth-order valence-corrected chi connectivity index (χ4v) is 3.72. The number of amides is 2. The van der Waals surface area contributed by atoms with Crippen LogP contribution in [0.15, 0.2) is 64.8 Å². The Morgan fingerprint density at radius 1 is 1.12 bits per heavy atom. The van der Waals surface area contributed by atoms with Crippen LogP contribution >= 0.6 is 0 Å². The molecule has 2 amide bonds. The van der Waals surface area contributed by atoms with Crippen LogP contribution in [-0.4, -0.2) is 47.9 Å². The number of aromatic nitrogens is 2. The van der Waals surface area contributed by atoms with Crippen LogP contribution in [0.1, 0.15) is 31.3 Å². The third-order valence-corrected chi connectivity index (χ3v) is 5.33. The zero-order valence-corrected chi connectivity index (χ0v) is 18.4. The second-order valence-corrected chi connectivity index (χ2v) is 7.32. The van der Waals surface area contributed by atoms with E-state index in [1.165, 1.54) is 0 Å². The summed E-state index contributed by atoms with van der Waals surface area (Å²) in [7, 11) is 1.61. The molecule has 0 saturated heterocycles. The minimum Gasteiger partial charge on any atom is -0.494 e. The highest BCUT2D eigenvalue weighted by atomic mass is 16.5. The van der Waals surface area contributed by atoms with Gasteiger partial charge in [-0.05, 0) is 43.7 Å². The topological polar surface area (TPSA) is 89.7 Å². The molecule has 0 bridgehead atoms. The average molecular weight is 434 g/mol. The molecule has 1 atom stereocenters. The highest BCUT2D eigenvalue weighted by molar-refractivity contribution is 5.86. The SMILES string of the molecule is CCOc1ccc(-c2noc(C3=C(C)N(CCOC)C(=O)NC3c3ccccc3)n2)cc1. The lowest BCUT2D eigenvalue weighted by atomic mass is 9.95. The van der Waals surface area contributed by atoms with Crippen molar-refractivity contribution in [1.29, 1.82) is 0 Å². The molecule has 8 heteroatoms. The van der Waals surface area contributed by atoms with Crippen LogP contribution < -0.4 is 10.1 Å². The molecule has 1 N–H and O–H groups in total. The fraction of sp³-hybridized carbons (Fsp3) is 0.292. The van der Waals surface area contributed by atoms with E-state index in [1.54, 1.807) is 12.0 Å². The minimum absolute atomic E-state index is 0.191. The zero-order chi connectivity index (χ0) is 22.5. The molecule has 0 saturated carbocycles. The monoisotopic (exact) mass is 434 g/mol. The Bertz CT molecular complexity index is 1090. The van der Waals surface area contributed by atoms with Crippen LogP contribution in [0.4, 0.5) is 4.79 Å². The number of benzene rings is 2. The van der Waals surface area contributed by atoms with E-state index in [2.05, 4.69) is 15.5 Å². The molecule has 1 aromatic heterocycles.